The van der Waals surface area contributed by atoms with Crippen molar-refractivity contribution in [3.63, 3.8) is 0 Å². The summed E-state index contributed by atoms with van der Waals surface area (Å²) in [6.45, 7) is 7.37. The van der Waals surface area contributed by atoms with Gasteiger partial charge in [-0.2, -0.15) is 0 Å². The van der Waals surface area contributed by atoms with E-state index in [0.29, 0.717) is 18.5 Å². The Kier molecular flexibility index (Phi) is 9.69. The first kappa shape index (κ1) is 28.9. The number of aryl methyl sites for hydroxylation is 3. The summed E-state index contributed by atoms with van der Waals surface area (Å²) in [4.78, 5) is 28.4. The molecule has 0 aliphatic rings. The lowest BCUT2D eigenvalue weighted by molar-refractivity contribution is -0.140. The molecule has 1 N–H and O–H groups in total. The monoisotopic (exact) mass is 535 g/mol. The smallest absolute Gasteiger partial charge is 0.264 e. The van der Waals surface area contributed by atoms with Crippen molar-refractivity contribution in [1.82, 2.24) is 10.2 Å². The van der Waals surface area contributed by atoms with Crippen LogP contribution in [0.5, 0.6) is 0 Å². The maximum absolute atomic E-state index is 14.0. The van der Waals surface area contributed by atoms with Crippen LogP contribution in [0.15, 0.2) is 77.7 Å². The SMILES string of the molecule is CCc1ccccc1N(CC(=O)N(Cc1cccc(C)c1)[C@@H](CC)C(=O)NC)S(=O)(=O)c1ccc(C)cc1. The fourth-order valence-electron chi connectivity index (χ4n) is 4.50. The number of benzene rings is 3. The zero-order valence-corrected chi connectivity index (χ0v) is 23.6. The summed E-state index contributed by atoms with van der Waals surface area (Å²) in [5, 5.41) is 2.65. The number of rotatable bonds is 11. The van der Waals surface area contributed by atoms with Crippen molar-refractivity contribution in [3.8, 4) is 0 Å². The largest absolute Gasteiger partial charge is 0.357 e. The zero-order chi connectivity index (χ0) is 27.9. The predicted octanol–water partition coefficient (Wildman–Crippen LogP) is 4.61. The van der Waals surface area contributed by atoms with Crippen LogP contribution in [0.3, 0.4) is 0 Å². The van der Waals surface area contributed by atoms with Crippen LogP contribution in [0.1, 0.15) is 42.5 Å². The number of amides is 2. The van der Waals surface area contributed by atoms with Gasteiger partial charge in [0.25, 0.3) is 10.0 Å². The second kappa shape index (κ2) is 12.7. The molecule has 0 aliphatic heterocycles. The van der Waals surface area contributed by atoms with E-state index in [1.165, 1.54) is 16.3 Å². The first-order chi connectivity index (χ1) is 18.1. The molecule has 202 valence electrons. The number of hydrogen-bond donors (Lipinski definition) is 1. The lowest BCUT2D eigenvalue weighted by atomic mass is 10.1. The van der Waals surface area contributed by atoms with E-state index in [1.807, 2.05) is 64.1 Å². The van der Waals surface area contributed by atoms with Crippen LogP contribution in [-0.2, 0) is 32.6 Å². The van der Waals surface area contributed by atoms with E-state index < -0.39 is 28.5 Å². The van der Waals surface area contributed by atoms with E-state index in [2.05, 4.69) is 5.32 Å². The van der Waals surface area contributed by atoms with Crippen LogP contribution in [0.2, 0.25) is 0 Å². The van der Waals surface area contributed by atoms with Crippen molar-refractivity contribution < 1.29 is 18.0 Å². The standard InChI is InChI=1S/C30H37N3O4S/c1-6-25-13-8-9-14-28(25)33(38(36,37)26-17-15-22(3)16-18-26)21-29(34)32(27(7-2)30(35)31-5)20-24-12-10-11-23(4)19-24/h8-19,27H,6-7,20-21H2,1-5H3,(H,31,35)/t27-/m0/s1. The first-order valence-corrected chi connectivity index (χ1v) is 14.3. The predicted molar refractivity (Wildman–Crippen MR) is 151 cm³/mol. The summed E-state index contributed by atoms with van der Waals surface area (Å²) in [7, 11) is -2.55. The molecule has 0 aliphatic carbocycles. The average molecular weight is 536 g/mol. The molecule has 0 saturated carbocycles. The molecule has 3 aromatic rings. The van der Waals surface area contributed by atoms with E-state index in [9.17, 15) is 18.0 Å². The van der Waals surface area contributed by atoms with Gasteiger partial charge in [-0.05, 0) is 56.0 Å². The van der Waals surface area contributed by atoms with Crippen LogP contribution in [0, 0.1) is 13.8 Å². The van der Waals surface area contributed by atoms with Gasteiger partial charge in [0.05, 0.1) is 10.6 Å². The minimum absolute atomic E-state index is 0.102. The van der Waals surface area contributed by atoms with Gasteiger partial charge >= 0.3 is 0 Å². The summed E-state index contributed by atoms with van der Waals surface area (Å²) in [5.74, 6) is -0.751. The van der Waals surface area contributed by atoms with Crippen molar-refractivity contribution in [3.05, 3.63) is 95.1 Å². The molecule has 0 fully saturated rings. The highest BCUT2D eigenvalue weighted by Crippen LogP contribution is 2.28. The van der Waals surface area contributed by atoms with Crippen molar-refractivity contribution >= 4 is 27.5 Å². The van der Waals surface area contributed by atoms with Crippen LogP contribution in [0.4, 0.5) is 5.69 Å². The van der Waals surface area contributed by atoms with E-state index >= 15 is 0 Å². The number of carbonyl (C=O) groups excluding carboxylic acids is 2. The molecule has 0 radical (unpaired) electrons. The molecule has 38 heavy (non-hydrogen) atoms. The van der Waals surface area contributed by atoms with Gasteiger partial charge in [-0.15, -0.1) is 0 Å². The maximum Gasteiger partial charge on any atom is 0.264 e. The van der Waals surface area contributed by atoms with Crippen molar-refractivity contribution in [2.24, 2.45) is 0 Å². The summed E-state index contributed by atoms with van der Waals surface area (Å²) in [6.07, 6.45) is 0.973. The molecule has 7 nitrogen and oxygen atoms in total. The van der Waals surface area contributed by atoms with Crippen LogP contribution < -0.4 is 9.62 Å². The first-order valence-electron chi connectivity index (χ1n) is 12.9. The summed E-state index contributed by atoms with van der Waals surface area (Å²) >= 11 is 0. The van der Waals surface area contributed by atoms with E-state index in [0.717, 1.165) is 22.3 Å². The molecule has 1 atom stereocenters. The highest BCUT2D eigenvalue weighted by Gasteiger charge is 2.34. The Hall–Kier alpha value is -3.65. The second-order valence-electron chi connectivity index (χ2n) is 9.36. The molecule has 0 spiro atoms. The Bertz CT molecular complexity index is 1370. The molecule has 0 bridgehead atoms. The third kappa shape index (κ3) is 6.61. The topological polar surface area (TPSA) is 86.8 Å². The third-order valence-electron chi connectivity index (χ3n) is 6.60. The lowest BCUT2D eigenvalue weighted by Gasteiger charge is -2.33. The number of anilines is 1. The molecule has 0 unspecified atom stereocenters. The fraction of sp³-hybridized carbons (Fsp3) is 0.333. The van der Waals surface area contributed by atoms with Crippen LogP contribution >= 0.6 is 0 Å². The van der Waals surface area contributed by atoms with Crippen LogP contribution in [-0.4, -0.2) is 44.8 Å². The number of para-hydroxylation sites is 1. The van der Waals surface area contributed by atoms with Gasteiger partial charge in [-0.3, -0.25) is 13.9 Å². The highest BCUT2D eigenvalue weighted by molar-refractivity contribution is 7.92. The number of nitrogens with zero attached hydrogens (tertiary/aromatic N) is 2. The zero-order valence-electron chi connectivity index (χ0n) is 22.8. The maximum atomic E-state index is 14.0. The minimum Gasteiger partial charge on any atom is -0.357 e. The van der Waals surface area contributed by atoms with E-state index in [-0.39, 0.29) is 17.3 Å². The van der Waals surface area contributed by atoms with Gasteiger partial charge in [0, 0.05) is 13.6 Å². The quantitative estimate of drug-likeness (QED) is 0.388. The number of nitrogens with one attached hydrogen (secondary N) is 1. The number of likely N-dealkylation sites (N-methyl/N-ethyl adjacent to an activating group) is 1. The number of carbonyl (C=O) groups is 2. The molecule has 0 saturated heterocycles. The molecule has 3 rings (SSSR count). The van der Waals surface area contributed by atoms with Gasteiger partial charge in [0.1, 0.15) is 12.6 Å². The normalized spacial score (nSPS) is 12.0. The molecule has 0 aromatic heterocycles. The van der Waals surface area contributed by atoms with Gasteiger partial charge in [-0.1, -0.05) is 79.6 Å². The number of hydrogen-bond acceptors (Lipinski definition) is 4. The minimum atomic E-state index is -4.08. The third-order valence-corrected chi connectivity index (χ3v) is 8.37. The Morgan fingerprint density at radius 1 is 0.895 bits per heavy atom. The Morgan fingerprint density at radius 3 is 2.18 bits per heavy atom. The van der Waals surface area contributed by atoms with Crippen molar-refractivity contribution in [2.45, 2.75) is 58.0 Å². The second-order valence-corrected chi connectivity index (χ2v) is 11.2. The van der Waals surface area contributed by atoms with Gasteiger partial charge in [0.2, 0.25) is 11.8 Å². The van der Waals surface area contributed by atoms with Crippen molar-refractivity contribution in [1.29, 1.82) is 0 Å². The Labute approximate surface area is 226 Å². The van der Waals surface area contributed by atoms with Crippen LogP contribution in [0.25, 0.3) is 0 Å². The molecule has 8 heteroatoms. The molecule has 0 heterocycles. The summed E-state index contributed by atoms with van der Waals surface area (Å²) in [5.41, 5.74) is 4.08. The summed E-state index contributed by atoms with van der Waals surface area (Å²) in [6, 6.07) is 20.8. The number of sulfonamides is 1. The summed E-state index contributed by atoms with van der Waals surface area (Å²) < 4.78 is 29.1. The molecular formula is C30H37N3O4S. The van der Waals surface area contributed by atoms with Gasteiger partial charge in [-0.25, -0.2) is 8.42 Å². The molecule has 3 aromatic carbocycles. The Morgan fingerprint density at radius 2 is 1.58 bits per heavy atom. The van der Waals surface area contributed by atoms with E-state index in [4.69, 9.17) is 0 Å². The lowest BCUT2D eigenvalue weighted by Crippen LogP contribution is -2.51. The van der Waals surface area contributed by atoms with Gasteiger partial charge < -0.3 is 10.2 Å². The van der Waals surface area contributed by atoms with Crippen molar-refractivity contribution in [2.75, 3.05) is 17.9 Å². The average Bonchev–Trinajstić information content (AvgIpc) is 2.91. The molecule has 2 amide bonds. The molecular weight excluding hydrogens is 498 g/mol. The van der Waals surface area contributed by atoms with E-state index in [1.54, 1.807) is 36.4 Å². The fourth-order valence-corrected chi connectivity index (χ4v) is 5.95. The van der Waals surface area contributed by atoms with Gasteiger partial charge in [0.15, 0.2) is 0 Å². The Balaban J connectivity index is 2.10. The highest BCUT2D eigenvalue weighted by atomic mass is 32.2.